The summed E-state index contributed by atoms with van der Waals surface area (Å²) in [6.07, 6.45) is -0.297. The Hall–Kier alpha value is -5.31. The number of esters is 1. The number of rotatable bonds is 12. The SMILES string of the molecule is CCOC(=O)C[C@H](c1ccc([N+](=O)[O-])cc1)[C@@H](NC(=O)C(c1ccccc1)(c1ccccc1)c1ccccc1)C(N)=O. The maximum Gasteiger partial charge on any atom is 0.306 e. The minimum absolute atomic E-state index is 0.110. The Balaban J connectivity index is 1.87. The average molecular weight is 566 g/mol. The third-order valence-corrected chi connectivity index (χ3v) is 7.18. The van der Waals surface area contributed by atoms with Crippen molar-refractivity contribution in [3.8, 4) is 0 Å². The molecular weight excluding hydrogens is 534 g/mol. The highest BCUT2D eigenvalue weighted by Crippen LogP contribution is 2.40. The minimum Gasteiger partial charge on any atom is -0.466 e. The first kappa shape index (κ1) is 29.7. The fourth-order valence-electron chi connectivity index (χ4n) is 5.25. The number of ether oxygens (including phenoxy) is 1. The molecule has 4 aromatic rings. The molecular formula is C33H31N3O6. The lowest BCUT2D eigenvalue weighted by atomic mass is 9.68. The summed E-state index contributed by atoms with van der Waals surface area (Å²) in [5, 5.41) is 14.1. The van der Waals surface area contributed by atoms with Crippen LogP contribution < -0.4 is 11.1 Å². The summed E-state index contributed by atoms with van der Waals surface area (Å²) in [6, 6.07) is 31.6. The Morgan fingerprint density at radius 3 is 1.64 bits per heavy atom. The zero-order valence-electron chi connectivity index (χ0n) is 23.0. The molecule has 0 fully saturated rings. The molecule has 2 amide bonds. The van der Waals surface area contributed by atoms with Gasteiger partial charge in [0, 0.05) is 18.1 Å². The monoisotopic (exact) mass is 565 g/mol. The number of hydrogen-bond acceptors (Lipinski definition) is 6. The molecule has 0 radical (unpaired) electrons. The Labute approximate surface area is 243 Å². The summed E-state index contributed by atoms with van der Waals surface area (Å²) < 4.78 is 5.15. The van der Waals surface area contributed by atoms with E-state index in [1.807, 2.05) is 91.0 Å². The Kier molecular flexibility index (Phi) is 9.44. The quantitative estimate of drug-likeness (QED) is 0.111. The van der Waals surface area contributed by atoms with Crippen molar-refractivity contribution in [1.29, 1.82) is 0 Å². The van der Waals surface area contributed by atoms with Crippen LogP contribution in [0.3, 0.4) is 0 Å². The van der Waals surface area contributed by atoms with E-state index in [9.17, 15) is 24.5 Å². The lowest BCUT2D eigenvalue weighted by Gasteiger charge is -2.36. The van der Waals surface area contributed by atoms with Crippen LogP contribution in [0.1, 0.15) is 41.5 Å². The summed E-state index contributed by atoms with van der Waals surface area (Å²) in [4.78, 5) is 51.2. The smallest absolute Gasteiger partial charge is 0.306 e. The molecule has 0 bridgehead atoms. The van der Waals surface area contributed by atoms with Crippen LogP contribution in [0, 0.1) is 10.1 Å². The van der Waals surface area contributed by atoms with Crippen LogP contribution in [0.5, 0.6) is 0 Å². The van der Waals surface area contributed by atoms with Crippen LogP contribution in [-0.4, -0.2) is 35.4 Å². The number of carbonyl (C=O) groups is 3. The lowest BCUT2D eigenvalue weighted by Crippen LogP contribution is -2.55. The maximum atomic E-state index is 14.7. The van der Waals surface area contributed by atoms with Crippen molar-refractivity contribution in [2.45, 2.75) is 30.7 Å². The van der Waals surface area contributed by atoms with Crippen LogP contribution in [-0.2, 0) is 24.5 Å². The standard InChI is InChI=1S/C33H31N3O6/c1-2-42-29(37)22-28(23-18-20-27(21-19-23)36(40)41)30(31(34)38)35-32(39)33(24-12-6-3-7-13-24,25-14-8-4-9-15-25)26-16-10-5-11-17-26/h3-21,28,30H,2,22H2,1H3,(H2,34,38)(H,35,39)/t28-,30-/m1/s1. The highest BCUT2D eigenvalue weighted by molar-refractivity contribution is 5.99. The van der Waals surface area contributed by atoms with Gasteiger partial charge in [-0.3, -0.25) is 24.5 Å². The van der Waals surface area contributed by atoms with Gasteiger partial charge in [0.2, 0.25) is 11.8 Å². The molecule has 0 aromatic heterocycles. The molecule has 9 heteroatoms. The van der Waals surface area contributed by atoms with Gasteiger partial charge >= 0.3 is 5.97 Å². The maximum absolute atomic E-state index is 14.7. The number of nitrogens with one attached hydrogen (secondary N) is 1. The van der Waals surface area contributed by atoms with Gasteiger partial charge in [0.25, 0.3) is 5.69 Å². The third kappa shape index (κ3) is 6.20. The van der Waals surface area contributed by atoms with Crippen molar-refractivity contribution in [1.82, 2.24) is 5.32 Å². The summed E-state index contributed by atoms with van der Waals surface area (Å²) in [5.74, 6) is -2.99. The summed E-state index contributed by atoms with van der Waals surface area (Å²) in [5.41, 5.74) is 6.70. The summed E-state index contributed by atoms with van der Waals surface area (Å²) in [6.45, 7) is 1.76. The molecule has 0 aliphatic carbocycles. The van der Waals surface area contributed by atoms with Crippen LogP contribution in [0.15, 0.2) is 115 Å². The van der Waals surface area contributed by atoms with Gasteiger partial charge in [0.1, 0.15) is 11.5 Å². The molecule has 42 heavy (non-hydrogen) atoms. The fraction of sp³-hybridized carbons (Fsp3) is 0.182. The van der Waals surface area contributed by atoms with Crippen LogP contribution in [0.2, 0.25) is 0 Å². The van der Waals surface area contributed by atoms with E-state index in [1.54, 1.807) is 6.92 Å². The van der Waals surface area contributed by atoms with Crippen LogP contribution in [0.4, 0.5) is 5.69 Å². The zero-order chi connectivity index (χ0) is 30.1. The van der Waals surface area contributed by atoms with Crippen molar-refractivity contribution in [2.75, 3.05) is 6.61 Å². The predicted molar refractivity (Wildman–Crippen MR) is 157 cm³/mol. The minimum atomic E-state index is -1.40. The third-order valence-electron chi connectivity index (χ3n) is 7.18. The molecule has 0 saturated carbocycles. The number of nitrogens with two attached hydrogens (primary N) is 1. The first-order valence-electron chi connectivity index (χ1n) is 13.5. The van der Waals surface area contributed by atoms with Crippen molar-refractivity contribution in [2.24, 2.45) is 5.73 Å². The Bertz CT molecular complexity index is 1430. The normalized spacial score (nSPS) is 12.5. The van der Waals surface area contributed by atoms with E-state index in [0.29, 0.717) is 22.3 Å². The van der Waals surface area contributed by atoms with Crippen molar-refractivity contribution in [3.05, 3.63) is 148 Å². The number of amides is 2. The number of primary amides is 1. The van der Waals surface area contributed by atoms with Gasteiger partial charge in [0.05, 0.1) is 18.0 Å². The van der Waals surface area contributed by atoms with Crippen LogP contribution in [0.25, 0.3) is 0 Å². The molecule has 4 aromatic carbocycles. The second-order valence-electron chi connectivity index (χ2n) is 9.67. The predicted octanol–water partition coefficient (Wildman–Crippen LogP) is 4.64. The van der Waals surface area contributed by atoms with E-state index >= 15 is 0 Å². The van der Waals surface area contributed by atoms with Gasteiger partial charge in [0.15, 0.2) is 0 Å². The molecule has 0 aliphatic rings. The molecule has 214 valence electrons. The second kappa shape index (κ2) is 13.4. The van der Waals surface area contributed by atoms with E-state index in [2.05, 4.69) is 5.32 Å². The van der Waals surface area contributed by atoms with Gasteiger partial charge in [-0.1, -0.05) is 103 Å². The lowest BCUT2D eigenvalue weighted by molar-refractivity contribution is -0.384. The molecule has 0 saturated heterocycles. The molecule has 2 atom stereocenters. The van der Waals surface area contributed by atoms with Crippen molar-refractivity contribution >= 4 is 23.5 Å². The largest absolute Gasteiger partial charge is 0.466 e. The van der Waals surface area contributed by atoms with Gasteiger partial charge < -0.3 is 15.8 Å². The number of non-ortho nitro benzene ring substituents is 1. The first-order valence-corrected chi connectivity index (χ1v) is 13.5. The topological polar surface area (TPSA) is 142 Å². The van der Waals surface area contributed by atoms with E-state index < -0.39 is 40.1 Å². The molecule has 4 rings (SSSR count). The number of hydrogen-bond donors (Lipinski definition) is 2. The van der Waals surface area contributed by atoms with E-state index in [4.69, 9.17) is 10.5 Å². The number of nitrogens with zero attached hydrogens (tertiary/aromatic N) is 1. The first-order chi connectivity index (χ1) is 20.3. The number of nitro groups is 1. The van der Waals surface area contributed by atoms with E-state index in [0.717, 1.165) is 0 Å². The summed E-state index contributed by atoms with van der Waals surface area (Å²) >= 11 is 0. The van der Waals surface area contributed by atoms with Gasteiger partial charge in [-0.25, -0.2) is 0 Å². The molecule has 9 nitrogen and oxygen atoms in total. The van der Waals surface area contributed by atoms with Gasteiger partial charge in [-0.05, 0) is 29.2 Å². The van der Waals surface area contributed by atoms with Gasteiger partial charge in [-0.15, -0.1) is 0 Å². The van der Waals surface area contributed by atoms with E-state index in [-0.39, 0.29) is 18.7 Å². The Morgan fingerprint density at radius 2 is 1.26 bits per heavy atom. The molecule has 0 unspecified atom stereocenters. The number of benzene rings is 4. The second-order valence-corrected chi connectivity index (χ2v) is 9.67. The molecule has 0 heterocycles. The van der Waals surface area contributed by atoms with E-state index in [1.165, 1.54) is 24.3 Å². The highest BCUT2D eigenvalue weighted by Gasteiger charge is 2.46. The number of nitro benzene ring substituents is 1. The number of carbonyl (C=O) groups excluding carboxylic acids is 3. The highest BCUT2D eigenvalue weighted by atomic mass is 16.6. The van der Waals surface area contributed by atoms with Crippen molar-refractivity contribution in [3.63, 3.8) is 0 Å². The fourth-order valence-corrected chi connectivity index (χ4v) is 5.25. The molecule has 3 N–H and O–H groups in total. The zero-order valence-corrected chi connectivity index (χ0v) is 23.0. The van der Waals surface area contributed by atoms with Gasteiger partial charge in [-0.2, -0.15) is 0 Å². The average Bonchev–Trinajstić information content (AvgIpc) is 3.01. The molecule has 0 spiro atoms. The Morgan fingerprint density at radius 1 is 0.810 bits per heavy atom. The van der Waals surface area contributed by atoms with Crippen molar-refractivity contribution < 1.29 is 24.0 Å². The van der Waals surface area contributed by atoms with Crippen LogP contribution >= 0.6 is 0 Å². The molecule has 0 aliphatic heterocycles. The summed E-state index contributed by atoms with van der Waals surface area (Å²) in [7, 11) is 0.